The highest BCUT2D eigenvalue weighted by molar-refractivity contribution is 7.98. The second-order valence-electron chi connectivity index (χ2n) is 6.04. The molecule has 2 N–H and O–H groups in total. The van der Waals surface area contributed by atoms with Crippen LogP contribution in [-0.4, -0.2) is 29.3 Å². The smallest absolute Gasteiger partial charge is 0.0833 e. The van der Waals surface area contributed by atoms with Crippen LogP contribution < -0.4 is 5.32 Å². The minimum absolute atomic E-state index is 0.397. The van der Waals surface area contributed by atoms with Gasteiger partial charge in [0.05, 0.1) is 5.60 Å². The standard InChI is InChI=1S/C16H25NOS/c1-12-4-6-13(7-5-12)15(14-8-9-14)17-10-16(2,18)11-19-3/h4-7,14-15,17-18H,8-11H2,1-3H3. The zero-order chi connectivity index (χ0) is 13.9. The monoisotopic (exact) mass is 279 g/mol. The Morgan fingerprint density at radius 1 is 1.37 bits per heavy atom. The lowest BCUT2D eigenvalue weighted by Crippen LogP contribution is -2.41. The van der Waals surface area contributed by atoms with Gasteiger partial charge in [0.1, 0.15) is 0 Å². The maximum absolute atomic E-state index is 10.3. The number of aliphatic hydroxyl groups is 1. The number of benzene rings is 1. The average Bonchev–Trinajstić information content (AvgIpc) is 3.16. The van der Waals surface area contributed by atoms with Gasteiger partial charge in [-0.2, -0.15) is 11.8 Å². The summed E-state index contributed by atoms with van der Waals surface area (Å²) in [6, 6.07) is 9.18. The fraction of sp³-hybridized carbons (Fsp3) is 0.625. The van der Waals surface area contributed by atoms with E-state index in [2.05, 4.69) is 36.5 Å². The van der Waals surface area contributed by atoms with E-state index in [-0.39, 0.29) is 0 Å². The molecule has 2 unspecified atom stereocenters. The summed E-state index contributed by atoms with van der Waals surface area (Å²) in [6.45, 7) is 4.69. The summed E-state index contributed by atoms with van der Waals surface area (Å²) in [6.07, 6.45) is 4.64. The van der Waals surface area contributed by atoms with E-state index in [0.29, 0.717) is 12.6 Å². The van der Waals surface area contributed by atoms with Crippen LogP contribution in [0.5, 0.6) is 0 Å². The zero-order valence-corrected chi connectivity index (χ0v) is 13.0. The van der Waals surface area contributed by atoms with Gasteiger partial charge in [-0.05, 0) is 44.4 Å². The Kier molecular flexibility index (Phi) is 4.93. The van der Waals surface area contributed by atoms with E-state index in [1.807, 2.05) is 13.2 Å². The maximum atomic E-state index is 10.3. The van der Waals surface area contributed by atoms with Crippen LogP contribution in [0.3, 0.4) is 0 Å². The van der Waals surface area contributed by atoms with Crippen molar-refractivity contribution in [3.63, 3.8) is 0 Å². The van der Waals surface area contributed by atoms with Crippen LogP contribution in [0.1, 0.15) is 36.9 Å². The fourth-order valence-electron chi connectivity index (χ4n) is 2.45. The lowest BCUT2D eigenvalue weighted by Gasteiger charge is -2.27. The van der Waals surface area contributed by atoms with Crippen molar-refractivity contribution in [2.45, 2.75) is 38.3 Å². The molecule has 0 aliphatic heterocycles. The van der Waals surface area contributed by atoms with Gasteiger partial charge in [-0.15, -0.1) is 0 Å². The van der Waals surface area contributed by atoms with Crippen molar-refractivity contribution < 1.29 is 5.11 Å². The second-order valence-corrected chi connectivity index (χ2v) is 6.90. The van der Waals surface area contributed by atoms with Crippen molar-refractivity contribution in [1.82, 2.24) is 5.32 Å². The third kappa shape index (κ3) is 4.51. The molecular formula is C16H25NOS. The van der Waals surface area contributed by atoms with Crippen LogP contribution in [0.15, 0.2) is 24.3 Å². The zero-order valence-electron chi connectivity index (χ0n) is 12.1. The molecule has 0 bridgehead atoms. The Balaban J connectivity index is 1.99. The van der Waals surface area contributed by atoms with Crippen molar-refractivity contribution in [3.8, 4) is 0 Å². The molecule has 0 spiro atoms. The van der Waals surface area contributed by atoms with Gasteiger partial charge in [-0.1, -0.05) is 29.8 Å². The molecule has 0 aromatic heterocycles. The maximum Gasteiger partial charge on any atom is 0.0833 e. The molecule has 1 aliphatic carbocycles. The summed E-state index contributed by atoms with van der Waals surface area (Å²) in [5, 5.41) is 13.9. The Morgan fingerprint density at radius 3 is 2.53 bits per heavy atom. The third-order valence-corrected chi connectivity index (χ3v) is 4.60. The molecule has 1 aromatic rings. The molecular weight excluding hydrogens is 254 g/mol. The molecule has 106 valence electrons. The predicted molar refractivity (Wildman–Crippen MR) is 83.7 cm³/mol. The lowest BCUT2D eigenvalue weighted by molar-refractivity contribution is 0.0804. The largest absolute Gasteiger partial charge is 0.388 e. The van der Waals surface area contributed by atoms with E-state index < -0.39 is 5.60 Å². The van der Waals surface area contributed by atoms with Crippen molar-refractivity contribution >= 4 is 11.8 Å². The Hall–Kier alpha value is -0.510. The SMILES string of the molecule is CSCC(C)(O)CNC(c1ccc(C)cc1)C1CC1. The Bertz CT molecular complexity index is 398. The quantitative estimate of drug-likeness (QED) is 0.804. The predicted octanol–water partition coefficient (Wildman–Crippen LogP) is 3.15. The van der Waals surface area contributed by atoms with Crippen LogP contribution in [0, 0.1) is 12.8 Å². The number of nitrogens with one attached hydrogen (secondary N) is 1. The van der Waals surface area contributed by atoms with Crippen LogP contribution in [0.4, 0.5) is 0 Å². The van der Waals surface area contributed by atoms with E-state index >= 15 is 0 Å². The first kappa shape index (κ1) is 14.9. The van der Waals surface area contributed by atoms with Gasteiger partial charge in [0.15, 0.2) is 0 Å². The normalized spacial score (nSPS) is 20.0. The van der Waals surface area contributed by atoms with Gasteiger partial charge in [-0.25, -0.2) is 0 Å². The molecule has 2 nitrogen and oxygen atoms in total. The van der Waals surface area contributed by atoms with Crippen molar-refractivity contribution in [2.24, 2.45) is 5.92 Å². The lowest BCUT2D eigenvalue weighted by atomic mass is 10.00. The minimum atomic E-state index is -0.628. The molecule has 0 amide bonds. The van der Waals surface area contributed by atoms with E-state index in [4.69, 9.17) is 0 Å². The summed E-state index contributed by atoms with van der Waals surface area (Å²) < 4.78 is 0. The summed E-state index contributed by atoms with van der Waals surface area (Å²) in [7, 11) is 0. The van der Waals surface area contributed by atoms with Gasteiger partial charge in [0.2, 0.25) is 0 Å². The first-order valence-electron chi connectivity index (χ1n) is 7.03. The molecule has 19 heavy (non-hydrogen) atoms. The molecule has 0 heterocycles. The van der Waals surface area contributed by atoms with Gasteiger partial charge in [0.25, 0.3) is 0 Å². The van der Waals surface area contributed by atoms with Crippen LogP contribution >= 0.6 is 11.8 Å². The van der Waals surface area contributed by atoms with Crippen LogP contribution in [0.2, 0.25) is 0 Å². The molecule has 0 radical (unpaired) electrons. The van der Waals surface area contributed by atoms with E-state index in [1.165, 1.54) is 24.0 Å². The van der Waals surface area contributed by atoms with E-state index in [0.717, 1.165) is 11.7 Å². The topological polar surface area (TPSA) is 32.3 Å². The van der Waals surface area contributed by atoms with E-state index in [1.54, 1.807) is 11.8 Å². The van der Waals surface area contributed by atoms with E-state index in [9.17, 15) is 5.11 Å². The van der Waals surface area contributed by atoms with Gasteiger partial charge in [-0.3, -0.25) is 0 Å². The molecule has 2 rings (SSSR count). The minimum Gasteiger partial charge on any atom is -0.388 e. The fourth-order valence-corrected chi connectivity index (χ4v) is 3.18. The van der Waals surface area contributed by atoms with Crippen LogP contribution in [-0.2, 0) is 0 Å². The van der Waals surface area contributed by atoms with Crippen molar-refractivity contribution in [1.29, 1.82) is 0 Å². The van der Waals surface area contributed by atoms with Crippen molar-refractivity contribution in [2.75, 3.05) is 18.6 Å². The molecule has 1 aliphatic rings. The number of thioether (sulfide) groups is 1. The highest BCUT2D eigenvalue weighted by atomic mass is 32.2. The summed E-state index contributed by atoms with van der Waals surface area (Å²) in [4.78, 5) is 0. The highest BCUT2D eigenvalue weighted by Gasteiger charge is 2.33. The molecule has 1 fully saturated rings. The summed E-state index contributed by atoms with van der Waals surface area (Å²) in [5.41, 5.74) is 2.03. The molecule has 1 saturated carbocycles. The molecule has 3 heteroatoms. The Labute approximate surface area is 121 Å². The third-order valence-electron chi connectivity index (χ3n) is 3.69. The second kappa shape index (κ2) is 6.29. The summed E-state index contributed by atoms with van der Waals surface area (Å²) in [5.74, 6) is 1.51. The molecule has 2 atom stereocenters. The highest BCUT2D eigenvalue weighted by Crippen LogP contribution is 2.41. The van der Waals surface area contributed by atoms with Gasteiger partial charge >= 0.3 is 0 Å². The number of hydrogen-bond acceptors (Lipinski definition) is 3. The molecule has 1 aromatic carbocycles. The average molecular weight is 279 g/mol. The number of hydrogen-bond donors (Lipinski definition) is 2. The van der Waals surface area contributed by atoms with Gasteiger partial charge in [0, 0.05) is 18.3 Å². The number of aryl methyl sites for hydroxylation is 1. The molecule has 0 saturated heterocycles. The number of rotatable bonds is 7. The van der Waals surface area contributed by atoms with Gasteiger partial charge < -0.3 is 10.4 Å². The Morgan fingerprint density at radius 2 is 2.00 bits per heavy atom. The first-order chi connectivity index (χ1) is 9.02. The van der Waals surface area contributed by atoms with Crippen LogP contribution in [0.25, 0.3) is 0 Å². The van der Waals surface area contributed by atoms with Crippen molar-refractivity contribution in [3.05, 3.63) is 35.4 Å². The first-order valence-corrected chi connectivity index (χ1v) is 8.42. The summed E-state index contributed by atoms with van der Waals surface area (Å²) >= 11 is 1.69.